The Balaban J connectivity index is 1.40. The molecule has 40 heavy (non-hydrogen) atoms. The number of nitrogens with one attached hydrogen (secondary N) is 1. The molecule has 0 atom stereocenters. The van der Waals surface area contributed by atoms with Gasteiger partial charge in [0.25, 0.3) is 5.91 Å². The monoisotopic (exact) mass is 536 g/mol. The van der Waals surface area contributed by atoms with Gasteiger partial charge in [0.05, 0.1) is 16.8 Å². The number of benzene rings is 4. The first kappa shape index (κ1) is 27.0. The predicted octanol–water partition coefficient (Wildman–Crippen LogP) is 6.36. The van der Waals surface area contributed by atoms with Gasteiger partial charge < -0.3 is 19.9 Å². The molecule has 1 aliphatic rings. The molecule has 0 aromatic heterocycles. The van der Waals surface area contributed by atoms with E-state index in [0.29, 0.717) is 18.1 Å². The number of aromatic carboxylic acids is 1. The predicted molar refractivity (Wildman–Crippen MR) is 155 cm³/mol. The number of nitrogens with zero attached hydrogens (tertiary/aromatic N) is 1. The Morgan fingerprint density at radius 2 is 1.50 bits per heavy atom. The number of anilines is 1. The fraction of sp³-hybridized carbons (Fsp3) is 0.212. The van der Waals surface area contributed by atoms with Crippen molar-refractivity contribution in [3.05, 3.63) is 114 Å². The van der Waals surface area contributed by atoms with Crippen molar-refractivity contribution >= 4 is 17.6 Å². The molecule has 204 valence electrons. The molecule has 1 amide bonds. The van der Waals surface area contributed by atoms with Crippen LogP contribution in [0.4, 0.5) is 5.69 Å². The van der Waals surface area contributed by atoms with Crippen molar-refractivity contribution in [3.8, 4) is 22.6 Å². The van der Waals surface area contributed by atoms with Gasteiger partial charge in [-0.2, -0.15) is 0 Å². The van der Waals surface area contributed by atoms with Gasteiger partial charge in [-0.05, 0) is 73.0 Å². The van der Waals surface area contributed by atoms with Gasteiger partial charge in [-0.3, -0.25) is 9.69 Å². The first-order valence-electron chi connectivity index (χ1n) is 13.5. The number of ether oxygens (including phenoxy) is 2. The van der Waals surface area contributed by atoms with Crippen LogP contribution in [-0.4, -0.2) is 48.1 Å². The van der Waals surface area contributed by atoms with Gasteiger partial charge in [-0.1, -0.05) is 66.7 Å². The number of carbonyl (C=O) groups excluding carboxylic acids is 1. The van der Waals surface area contributed by atoms with Crippen LogP contribution in [0.3, 0.4) is 0 Å². The summed E-state index contributed by atoms with van der Waals surface area (Å²) in [6.07, 6.45) is 2.42. The number of hydrogen-bond acceptors (Lipinski definition) is 5. The first-order chi connectivity index (χ1) is 19.6. The maximum Gasteiger partial charge on any atom is 0.337 e. The molecular weight excluding hydrogens is 504 g/mol. The normalized spacial score (nSPS) is 13.1. The van der Waals surface area contributed by atoms with Gasteiger partial charge >= 0.3 is 5.97 Å². The minimum atomic E-state index is -1.13. The minimum absolute atomic E-state index is 0.00203. The summed E-state index contributed by atoms with van der Waals surface area (Å²) >= 11 is 0. The van der Waals surface area contributed by atoms with Gasteiger partial charge in [0.1, 0.15) is 24.7 Å². The van der Waals surface area contributed by atoms with Crippen LogP contribution in [0.25, 0.3) is 11.1 Å². The van der Waals surface area contributed by atoms with E-state index in [1.807, 2.05) is 60.7 Å². The number of carbonyl (C=O) groups is 2. The van der Waals surface area contributed by atoms with Crippen LogP contribution in [-0.2, 0) is 6.61 Å². The summed E-state index contributed by atoms with van der Waals surface area (Å²) in [6.45, 7) is 3.77. The maximum atomic E-state index is 13.7. The number of amides is 1. The molecule has 0 saturated carbocycles. The molecule has 4 aromatic carbocycles. The lowest BCUT2D eigenvalue weighted by molar-refractivity contribution is 0.0698. The molecule has 5 rings (SSSR count). The lowest BCUT2D eigenvalue weighted by atomic mass is 10.0. The largest absolute Gasteiger partial charge is 0.492 e. The second-order valence-corrected chi connectivity index (χ2v) is 9.72. The maximum absolute atomic E-state index is 13.7. The Labute approximate surface area is 234 Å². The van der Waals surface area contributed by atoms with Crippen molar-refractivity contribution in [3.63, 3.8) is 0 Å². The zero-order chi connectivity index (χ0) is 27.7. The van der Waals surface area contributed by atoms with Crippen LogP contribution >= 0.6 is 0 Å². The van der Waals surface area contributed by atoms with Crippen molar-refractivity contribution in [2.75, 3.05) is 31.6 Å². The number of hydrogen-bond donors (Lipinski definition) is 2. The highest BCUT2D eigenvalue weighted by Crippen LogP contribution is 2.30. The molecule has 1 aliphatic heterocycles. The van der Waals surface area contributed by atoms with Crippen molar-refractivity contribution in [1.82, 2.24) is 4.90 Å². The summed E-state index contributed by atoms with van der Waals surface area (Å²) in [4.78, 5) is 28.0. The van der Waals surface area contributed by atoms with Crippen LogP contribution in [0.5, 0.6) is 11.5 Å². The van der Waals surface area contributed by atoms with E-state index in [-0.39, 0.29) is 23.4 Å². The third kappa shape index (κ3) is 6.87. The fourth-order valence-electron chi connectivity index (χ4n) is 4.77. The standard InChI is InChI=1S/C33H32N2O5/c36-32(34-30-21-26(13-15-28(30)33(37)38)25-11-5-2-6-12-25)29-22-27(39-20-19-35-17-7-8-18-35)14-16-31(29)40-23-24-9-3-1-4-10-24/h1-6,9-16,21-22H,7-8,17-20,23H2,(H,34,36)(H,37,38). The fourth-order valence-corrected chi connectivity index (χ4v) is 4.77. The van der Waals surface area contributed by atoms with E-state index in [0.717, 1.165) is 36.3 Å². The molecule has 1 saturated heterocycles. The van der Waals surface area contributed by atoms with Gasteiger partial charge in [-0.25, -0.2) is 4.79 Å². The molecule has 7 nitrogen and oxygen atoms in total. The Hall–Kier alpha value is -4.62. The first-order valence-corrected chi connectivity index (χ1v) is 13.5. The van der Waals surface area contributed by atoms with E-state index >= 15 is 0 Å². The zero-order valence-electron chi connectivity index (χ0n) is 22.2. The number of carboxylic acid groups (broad SMARTS) is 1. The van der Waals surface area contributed by atoms with E-state index in [9.17, 15) is 14.7 Å². The van der Waals surface area contributed by atoms with Crippen LogP contribution in [0.1, 0.15) is 39.1 Å². The van der Waals surface area contributed by atoms with E-state index in [4.69, 9.17) is 9.47 Å². The number of carboxylic acids is 1. The van der Waals surface area contributed by atoms with Crippen molar-refractivity contribution in [2.24, 2.45) is 0 Å². The Morgan fingerprint density at radius 1 is 0.775 bits per heavy atom. The molecule has 0 unspecified atom stereocenters. The highest BCUT2D eigenvalue weighted by molar-refractivity contribution is 6.09. The third-order valence-electron chi connectivity index (χ3n) is 6.91. The topological polar surface area (TPSA) is 88.1 Å². The highest BCUT2D eigenvalue weighted by atomic mass is 16.5. The number of rotatable bonds is 11. The van der Waals surface area contributed by atoms with Gasteiger partial charge in [0.2, 0.25) is 0 Å². The van der Waals surface area contributed by atoms with Crippen LogP contribution in [0, 0.1) is 0 Å². The Kier molecular flexibility index (Phi) is 8.73. The smallest absolute Gasteiger partial charge is 0.337 e. The number of likely N-dealkylation sites (tertiary alicyclic amines) is 1. The second kappa shape index (κ2) is 13.0. The van der Waals surface area contributed by atoms with Crippen molar-refractivity contribution in [1.29, 1.82) is 0 Å². The van der Waals surface area contributed by atoms with Crippen molar-refractivity contribution < 1.29 is 24.2 Å². The lowest BCUT2D eigenvalue weighted by Crippen LogP contribution is -2.25. The summed E-state index contributed by atoms with van der Waals surface area (Å²) in [7, 11) is 0. The van der Waals surface area contributed by atoms with Crippen LogP contribution in [0.2, 0.25) is 0 Å². The summed E-state index contributed by atoms with van der Waals surface area (Å²) in [6, 6.07) is 29.4. The molecule has 1 heterocycles. The average Bonchev–Trinajstić information content (AvgIpc) is 3.51. The van der Waals surface area contributed by atoms with E-state index in [1.165, 1.54) is 18.9 Å². The van der Waals surface area contributed by atoms with Gasteiger partial charge in [0.15, 0.2) is 0 Å². The highest BCUT2D eigenvalue weighted by Gasteiger charge is 2.19. The molecule has 7 heteroatoms. The lowest BCUT2D eigenvalue weighted by Gasteiger charge is -2.17. The molecule has 4 aromatic rings. The van der Waals surface area contributed by atoms with Crippen molar-refractivity contribution in [2.45, 2.75) is 19.4 Å². The third-order valence-corrected chi connectivity index (χ3v) is 6.91. The summed E-state index contributed by atoms with van der Waals surface area (Å²) in [5, 5.41) is 12.6. The molecule has 2 N–H and O–H groups in total. The van der Waals surface area contributed by atoms with Gasteiger partial charge in [-0.15, -0.1) is 0 Å². The van der Waals surface area contributed by atoms with Crippen LogP contribution < -0.4 is 14.8 Å². The summed E-state index contributed by atoms with van der Waals surface area (Å²) in [5.74, 6) is -0.688. The SMILES string of the molecule is O=C(O)c1ccc(-c2ccccc2)cc1NC(=O)c1cc(OCCN2CCCC2)ccc1OCc1ccccc1. The van der Waals surface area contributed by atoms with Crippen LogP contribution in [0.15, 0.2) is 97.1 Å². The minimum Gasteiger partial charge on any atom is -0.492 e. The summed E-state index contributed by atoms with van der Waals surface area (Å²) in [5.41, 5.74) is 3.13. The van der Waals surface area contributed by atoms with E-state index < -0.39 is 11.9 Å². The Morgan fingerprint density at radius 3 is 2.23 bits per heavy atom. The van der Waals surface area contributed by atoms with E-state index in [1.54, 1.807) is 30.3 Å². The average molecular weight is 537 g/mol. The molecular formula is C33H32N2O5. The molecule has 0 radical (unpaired) electrons. The molecule has 0 spiro atoms. The Bertz CT molecular complexity index is 1450. The second-order valence-electron chi connectivity index (χ2n) is 9.72. The quantitative estimate of drug-likeness (QED) is 0.232. The molecule has 1 fully saturated rings. The van der Waals surface area contributed by atoms with E-state index in [2.05, 4.69) is 10.2 Å². The zero-order valence-corrected chi connectivity index (χ0v) is 22.2. The molecule has 0 aliphatic carbocycles. The summed E-state index contributed by atoms with van der Waals surface area (Å²) < 4.78 is 12.0. The molecule has 0 bridgehead atoms. The van der Waals surface area contributed by atoms with Gasteiger partial charge in [0, 0.05) is 6.54 Å².